The summed E-state index contributed by atoms with van der Waals surface area (Å²) in [7, 11) is 1.66. The molecule has 1 saturated heterocycles. The molecular weight excluding hydrogens is 266 g/mol. The molecule has 4 nitrogen and oxygen atoms in total. The lowest BCUT2D eigenvalue weighted by Crippen LogP contribution is -2.35. The smallest absolute Gasteiger partial charge is 0.307 e. The predicted octanol–water partition coefficient (Wildman–Crippen LogP) is 3.18. The van der Waals surface area contributed by atoms with Gasteiger partial charge in [0.2, 0.25) is 0 Å². The number of rotatable bonds is 6. The highest BCUT2D eigenvalue weighted by atomic mass is 16.5. The van der Waals surface area contributed by atoms with Gasteiger partial charge in [0.25, 0.3) is 0 Å². The lowest BCUT2D eigenvalue weighted by Gasteiger charge is -2.34. The summed E-state index contributed by atoms with van der Waals surface area (Å²) >= 11 is 0. The van der Waals surface area contributed by atoms with E-state index in [1.54, 1.807) is 7.11 Å². The third-order valence-electron chi connectivity index (χ3n) is 4.00. The molecule has 0 unspecified atom stereocenters. The van der Waals surface area contributed by atoms with Gasteiger partial charge in [-0.15, -0.1) is 0 Å². The summed E-state index contributed by atoms with van der Waals surface area (Å²) in [4.78, 5) is 14.3. The molecule has 0 saturated carbocycles. The highest BCUT2D eigenvalue weighted by Crippen LogP contribution is 2.29. The maximum Gasteiger partial charge on any atom is 0.307 e. The third kappa shape index (κ3) is 4.46. The Morgan fingerprint density at radius 3 is 2.43 bits per heavy atom. The number of carbonyl (C=O) groups excluding carboxylic acids is 1. The van der Waals surface area contributed by atoms with E-state index in [0.717, 1.165) is 24.4 Å². The van der Waals surface area contributed by atoms with Crippen molar-refractivity contribution in [2.75, 3.05) is 26.8 Å². The largest absolute Gasteiger partial charge is 0.497 e. The first-order chi connectivity index (χ1) is 10.2. The molecule has 1 atom stereocenters. The van der Waals surface area contributed by atoms with Gasteiger partial charge < -0.3 is 9.47 Å². The summed E-state index contributed by atoms with van der Waals surface area (Å²) in [6, 6.07) is 8.12. The number of benzene rings is 1. The number of ether oxygens (including phenoxy) is 2. The third-order valence-corrected chi connectivity index (χ3v) is 4.00. The van der Waals surface area contributed by atoms with Crippen LogP contribution in [0, 0.1) is 0 Å². The summed E-state index contributed by atoms with van der Waals surface area (Å²) < 4.78 is 10.3. The van der Waals surface area contributed by atoms with Crippen molar-refractivity contribution >= 4 is 5.97 Å². The molecule has 4 heteroatoms. The minimum atomic E-state index is -0.121. The second kappa shape index (κ2) is 8.03. The Hall–Kier alpha value is -1.55. The molecule has 1 heterocycles. The SMILES string of the molecule is CCOC(=O)C[C@@H](c1ccc(OC)cc1)N1CCCCC1. The van der Waals surface area contributed by atoms with E-state index >= 15 is 0 Å². The number of hydrogen-bond acceptors (Lipinski definition) is 4. The number of likely N-dealkylation sites (tertiary alicyclic amines) is 1. The van der Waals surface area contributed by atoms with Crippen molar-refractivity contribution in [3.63, 3.8) is 0 Å². The zero-order valence-electron chi connectivity index (χ0n) is 13.0. The Morgan fingerprint density at radius 2 is 1.86 bits per heavy atom. The zero-order valence-corrected chi connectivity index (χ0v) is 13.0. The lowest BCUT2D eigenvalue weighted by molar-refractivity contribution is -0.144. The normalized spacial score (nSPS) is 17.2. The number of carbonyl (C=O) groups is 1. The Bertz CT molecular complexity index is 438. The highest BCUT2D eigenvalue weighted by molar-refractivity contribution is 5.70. The molecule has 0 spiro atoms. The van der Waals surface area contributed by atoms with Crippen molar-refractivity contribution in [2.24, 2.45) is 0 Å². The molecule has 1 aromatic rings. The van der Waals surface area contributed by atoms with Gasteiger partial charge in [0.1, 0.15) is 5.75 Å². The highest BCUT2D eigenvalue weighted by Gasteiger charge is 2.25. The second-order valence-corrected chi connectivity index (χ2v) is 5.39. The van der Waals surface area contributed by atoms with Gasteiger partial charge in [-0.25, -0.2) is 0 Å². The van der Waals surface area contributed by atoms with Crippen LogP contribution in [0.4, 0.5) is 0 Å². The van der Waals surface area contributed by atoms with E-state index in [-0.39, 0.29) is 12.0 Å². The van der Waals surface area contributed by atoms with Crippen molar-refractivity contribution in [2.45, 2.75) is 38.6 Å². The minimum Gasteiger partial charge on any atom is -0.497 e. The van der Waals surface area contributed by atoms with Crippen LogP contribution >= 0.6 is 0 Å². The fraction of sp³-hybridized carbons (Fsp3) is 0.588. The van der Waals surface area contributed by atoms with Gasteiger partial charge in [0.15, 0.2) is 0 Å². The summed E-state index contributed by atoms with van der Waals surface area (Å²) in [6.45, 7) is 4.39. The van der Waals surface area contributed by atoms with Crippen molar-refractivity contribution in [1.82, 2.24) is 4.90 Å². The predicted molar refractivity (Wildman–Crippen MR) is 82.4 cm³/mol. The lowest BCUT2D eigenvalue weighted by atomic mass is 9.99. The Kier molecular flexibility index (Phi) is 6.05. The monoisotopic (exact) mass is 291 g/mol. The molecule has 0 radical (unpaired) electrons. The molecular formula is C17H25NO3. The van der Waals surface area contributed by atoms with Gasteiger partial charge in [-0.05, 0) is 50.6 Å². The first kappa shape index (κ1) is 15.8. The van der Waals surface area contributed by atoms with Crippen LogP contribution in [-0.2, 0) is 9.53 Å². The van der Waals surface area contributed by atoms with E-state index in [1.807, 2.05) is 19.1 Å². The zero-order chi connectivity index (χ0) is 15.1. The Labute approximate surface area is 127 Å². The number of hydrogen-bond donors (Lipinski definition) is 0. The van der Waals surface area contributed by atoms with Gasteiger partial charge in [0.05, 0.1) is 20.1 Å². The molecule has 0 amide bonds. The standard InChI is InChI=1S/C17H25NO3/c1-3-21-17(19)13-16(18-11-5-4-6-12-18)14-7-9-15(20-2)10-8-14/h7-10,16H,3-6,11-13H2,1-2H3/t16-/m0/s1. The molecule has 116 valence electrons. The molecule has 1 fully saturated rings. The van der Waals surface area contributed by atoms with Crippen LogP contribution in [0.25, 0.3) is 0 Å². The van der Waals surface area contributed by atoms with Crippen LogP contribution in [0.1, 0.15) is 44.2 Å². The molecule has 1 aliphatic heterocycles. The van der Waals surface area contributed by atoms with E-state index in [4.69, 9.17) is 9.47 Å². The van der Waals surface area contributed by atoms with E-state index in [1.165, 1.54) is 19.3 Å². The molecule has 0 aromatic heterocycles. The van der Waals surface area contributed by atoms with E-state index in [9.17, 15) is 4.79 Å². The maximum absolute atomic E-state index is 11.9. The van der Waals surface area contributed by atoms with E-state index in [0.29, 0.717) is 13.0 Å². The molecule has 0 bridgehead atoms. The van der Waals surface area contributed by atoms with Gasteiger partial charge in [-0.3, -0.25) is 9.69 Å². The first-order valence-electron chi connectivity index (χ1n) is 7.78. The number of methoxy groups -OCH3 is 1. The minimum absolute atomic E-state index is 0.107. The van der Waals surface area contributed by atoms with Crippen LogP contribution < -0.4 is 4.74 Å². The fourth-order valence-corrected chi connectivity index (χ4v) is 2.89. The van der Waals surface area contributed by atoms with Crippen LogP contribution in [0.3, 0.4) is 0 Å². The van der Waals surface area contributed by atoms with Crippen molar-refractivity contribution < 1.29 is 14.3 Å². The molecule has 1 aliphatic rings. The van der Waals surface area contributed by atoms with Crippen molar-refractivity contribution in [1.29, 1.82) is 0 Å². The summed E-state index contributed by atoms with van der Waals surface area (Å²) in [5.41, 5.74) is 1.16. The molecule has 1 aromatic carbocycles. The fourth-order valence-electron chi connectivity index (χ4n) is 2.89. The van der Waals surface area contributed by atoms with E-state index < -0.39 is 0 Å². The molecule has 0 aliphatic carbocycles. The Morgan fingerprint density at radius 1 is 1.19 bits per heavy atom. The quantitative estimate of drug-likeness (QED) is 0.755. The van der Waals surface area contributed by atoms with Gasteiger partial charge in [-0.2, -0.15) is 0 Å². The van der Waals surface area contributed by atoms with Crippen molar-refractivity contribution in [3.8, 4) is 5.75 Å². The van der Waals surface area contributed by atoms with Crippen LogP contribution in [0.15, 0.2) is 24.3 Å². The number of esters is 1. The molecule has 0 N–H and O–H groups in total. The summed E-state index contributed by atoms with van der Waals surface area (Å²) in [6.07, 6.45) is 4.11. The van der Waals surface area contributed by atoms with Crippen LogP contribution in [-0.4, -0.2) is 37.7 Å². The molecule has 2 rings (SSSR count). The number of nitrogens with zero attached hydrogens (tertiary/aromatic N) is 1. The molecule has 21 heavy (non-hydrogen) atoms. The first-order valence-corrected chi connectivity index (χ1v) is 7.78. The van der Waals surface area contributed by atoms with Gasteiger partial charge in [0, 0.05) is 6.04 Å². The van der Waals surface area contributed by atoms with Crippen molar-refractivity contribution in [3.05, 3.63) is 29.8 Å². The second-order valence-electron chi connectivity index (χ2n) is 5.39. The average molecular weight is 291 g/mol. The van der Waals surface area contributed by atoms with E-state index in [2.05, 4.69) is 17.0 Å². The topological polar surface area (TPSA) is 38.8 Å². The van der Waals surface area contributed by atoms with Crippen LogP contribution in [0.5, 0.6) is 5.75 Å². The van der Waals surface area contributed by atoms with Gasteiger partial charge >= 0.3 is 5.97 Å². The summed E-state index contributed by atoms with van der Waals surface area (Å²) in [5.74, 6) is 0.719. The number of piperidine rings is 1. The Balaban J connectivity index is 2.14. The average Bonchev–Trinajstić information content (AvgIpc) is 2.54. The van der Waals surface area contributed by atoms with Gasteiger partial charge in [-0.1, -0.05) is 18.6 Å². The maximum atomic E-state index is 11.9. The summed E-state index contributed by atoms with van der Waals surface area (Å²) in [5, 5.41) is 0. The van der Waals surface area contributed by atoms with Crippen LogP contribution in [0.2, 0.25) is 0 Å².